The van der Waals surface area contributed by atoms with Crippen LogP contribution in [0.3, 0.4) is 0 Å². The summed E-state index contributed by atoms with van der Waals surface area (Å²) >= 11 is 6.66. The summed E-state index contributed by atoms with van der Waals surface area (Å²) in [7, 11) is 0. The van der Waals surface area contributed by atoms with E-state index >= 15 is 4.39 Å². The molecule has 10 heteroatoms. The predicted molar refractivity (Wildman–Crippen MR) is 173 cm³/mol. The smallest absolute Gasteiger partial charge is 0.261 e. The molecule has 226 valence electrons. The van der Waals surface area contributed by atoms with Gasteiger partial charge >= 0.3 is 0 Å². The number of aromatic hydroxyl groups is 1. The van der Waals surface area contributed by atoms with E-state index in [0.29, 0.717) is 11.3 Å². The average molecular weight is 633 g/mol. The molecule has 0 atom stereocenters. The van der Waals surface area contributed by atoms with Gasteiger partial charge in [0.2, 0.25) is 0 Å². The third-order valence-electron chi connectivity index (χ3n) is 6.87. The molecule has 0 aliphatic rings. The predicted octanol–water partition coefficient (Wildman–Crippen LogP) is 8.99. The summed E-state index contributed by atoms with van der Waals surface area (Å²) in [6.45, 7) is 0. The van der Waals surface area contributed by atoms with E-state index in [9.17, 15) is 14.3 Å². The molecule has 4 aromatic carbocycles. The number of amides is 1. The van der Waals surface area contributed by atoms with Gasteiger partial charge in [-0.25, -0.2) is 18.8 Å². The quantitative estimate of drug-likeness (QED) is 0.163. The van der Waals surface area contributed by atoms with Gasteiger partial charge in [-0.2, -0.15) is 0 Å². The van der Waals surface area contributed by atoms with Gasteiger partial charge in [0.25, 0.3) is 5.91 Å². The summed E-state index contributed by atoms with van der Waals surface area (Å²) < 4.78 is 34.4. The molecule has 2 aromatic heterocycles. The Hall–Kier alpha value is -5.93. The van der Waals surface area contributed by atoms with Gasteiger partial charge in [-0.05, 0) is 29.8 Å². The van der Waals surface area contributed by atoms with E-state index < -0.39 is 17.5 Å². The highest BCUT2D eigenvalue weighted by atomic mass is 35.5. The lowest BCUT2D eigenvalue weighted by atomic mass is 10.0. The second-order valence-electron chi connectivity index (χ2n) is 9.93. The maximum Gasteiger partial charge on any atom is 0.261 e. The number of benzene rings is 4. The summed E-state index contributed by atoms with van der Waals surface area (Å²) in [6, 6.07) is 29.8. The zero-order chi connectivity index (χ0) is 32.0. The van der Waals surface area contributed by atoms with Crippen LogP contribution in [-0.2, 0) is 0 Å². The number of ether oxygens (including phenoxy) is 1. The third kappa shape index (κ3) is 6.59. The van der Waals surface area contributed by atoms with Crippen LogP contribution in [0, 0.1) is 11.6 Å². The molecule has 7 nitrogen and oxygen atoms in total. The van der Waals surface area contributed by atoms with E-state index in [0.717, 1.165) is 17.2 Å². The van der Waals surface area contributed by atoms with Gasteiger partial charge in [0.05, 0.1) is 5.71 Å². The van der Waals surface area contributed by atoms with Gasteiger partial charge in [-0.15, -0.1) is 0 Å². The van der Waals surface area contributed by atoms with Crippen LogP contribution in [0.4, 0.5) is 20.3 Å². The lowest BCUT2D eigenvalue weighted by Gasteiger charge is -2.13. The molecule has 6 aromatic rings. The van der Waals surface area contributed by atoms with Crippen LogP contribution < -0.4 is 10.1 Å². The van der Waals surface area contributed by atoms with E-state index in [2.05, 4.69) is 15.3 Å². The fourth-order valence-electron chi connectivity index (χ4n) is 4.60. The normalized spacial score (nSPS) is 10.7. The molecule has 2 heterocycles. The molecule has 0 saturated heterocycles. The first-order valence-electron chi connectivity index (χ1n) is 13.9. The number of anilines is 1. The Morgan fingerprint density at radius 1 is 0.826 bits per heavy atom. The molecular weight excluding hydrogens is 610 g/mol. The fourth-order valence-corrected chi connectivity index (χ4v) is 4.80. The van der Waals surface area contributed by atoms with Gasteiger partial charge in [-0.1, -0.05) is 84.4 Å². The SMILES string of the molecule is O=C(Nc1ccc(Oc2ccnc(N=C(c3ccccc3)c3ccccc3)c2Cl)c(F)c1)c1cncc(-c2ccc(F)cc2)c1O. The molecule has 0 fully saturated rings. The largest absolute Gasteiger partial charge is 0.506 e. The van der Waals surface area contributed by atoms with E-state index in [1.54, 1.807) is 0 Å². The summed E-state index contributed by atoms with van der Waals surface area (Å²) in [4.78, 5) is 26.1. The second-order valence-corrected chi connectivity index (χ2v) is 10.3. The van der Waals surface area contributed by atoms with Crippen molar-refractivity contribution >= 4 is 34.7 Å². The Bertz CT molecular complexity index is 2020. The van der Waals surface area contributed by atoms with Crippen LogP contribution >= 0.6 is 11.6 Å². The third-order valence-corrected chi connectivity index (χ3v) is 7.23. The molecule has 6 rings (SSSR count). The minimum Gasteiger partial charge on any atom is -0.506 e. The zero-order valence-corrected chi connectivity index (χ0v) is 24.6. The van der Waals surface area contributed by atoms with Crippen LogP contribution in [0.25, 0.3) is 11.1 Å². The number of pyridine rings is 2. The van der Waals surface area contributed by atoms with Crippen molar-refractivity contribution in [3.63, 3.8) is 0 Å². The van der Waals surface area contributed by atoms with Gasteiger partial charge in [0.1, 0.15) is 22.2 Å². The number of carbonyl (C=O) groups is 1. The zero-order valence-electron chi connectivity index (χ0n) is 23.9. The van der Waals surface area contributed by atoms with Crippen molar-refractivity contribution in [2.45, 2.75) is 0 Å². The van der Waals surface area contributed by atoms with Crippen molar-refractivity contribution in [3.8, 4) is 28.4 Å². The molecule has 0 aliphatic heterocycles. The monoisotopic (exact) mass is 632 g/mol. The molecule has 0 bridgehead atoms. The number of nitrogens with one attached hydrogen (secondary N) is 1. The van der Waals surface area contributed by atoms with Crippen molar-refractivity contribution in [1.29, 1.82) is 0 Å². The van der Waals surface area contributed by atoms with Crippen molar-refractivity contribution in [2.24, 2.45) is 4.99 Å². The van der Waals surface area contributed by atoms with Crippen LogP contribution in [-0.4, -0.2) is 26.7 Å². The number of halogens is 3. The highest BCUT2D eigenvalue weighted by Crippen LogP contribution is 2.37. The van der Waals surface area contributed by atoms with E-state index in [-0.39, 0.29) is 44.9 Å². The lowest BCUT2D eigenvalue weighted by molar-refractivity contribution is 0.102. The summed E-state index contributed by atoms with van der Waals surface area (Å²) in [6.07, 6.45) is 4.00. The number of hydrogen-bond donors (Lipinski definition) is 2. The molecule has 0 spiro atoms. The minimum atomic E-state index is -0.785. The minimum absolute atomic E-state index is 0.0765. The van der Waals surface area contributed by atoms with E-state index in [1.165, 1.54) is 61.1 Å². The number of carbonyl (C=O) groups excluding carboxylic acids is 1. The Morgan fingerprint density at radius 3 is 2.15 bits per heavy atom. The van der Waals surface area contributed by atoms with Gasteiger partial charge in [-0.3, -0.25) is 9.78 Å². The summed E-state index contributed by atoms with van der Waals surface area (Å²) in [5, 5.41) is 13.4. The molecular formula is C36H23ClF2N4O3. The Kier molecular flexibility index (Phi) is 8.75. The molecule has 1 amide bonds. The van der Waals surface area contributed by atoms with Crippen LogP contribution in [0.2, 0.25) is 5.02 Å². The second kappa shape index (κ2) is 13.4. The maximum absolute atomic E-state index is 15.2. The van der Waals surface area contributed by atoms with Crippen molar-refractivity contribution in [1.82, 2.24) is 9.97 Å². The van der Waals surface area contributed by atoms with Gasteiger partial charge in [0, 0.05) is 53.1 Å². The number of aromatic nitrogens is 2. The highest BCUT2D eigenvalue weighted by molar-refractivity contribution is 6.34. The van der Waals surface area contributed by atoms with Crippen molar-refractivity contribution in [3.05, 3.63) is 161 Å². The first-order chi connectivity index (χ1) is 22.4. The number of rotatable bonds is 8. The maximum atomic E-state index is 15.2. The molecule has 0 unspecified atom stereocenters. The number of nitrogens with zero attached hydrogens (tertiary/aromatic N) is 3. The van der Waals surface area contributed by atoms with Crippen molar-refractivity contribution in [2.75, 3.05) is 5.32 Å². The number of hydrogen-bond acceptors (Lipinski definition) is 6. The van der Waals surface area contributed by atoms with Gasteiger partial charge in [0.15, 0.2) is 23.1 Å². The highest BCUT2D eigenvalue weighted by Gasteiger charge is 2.19. The fraction of sp³-hybridized carbons (Fsp3) is 0. The van der Waals surface area contributed by atoms with E-state index in [1.807, 2.05) is 60.7 Å². The Balaban J connectivity index is 1.23. The first-order valence-corrected chi connectivity index (χ1v) is 14.3. The molecule has 46 heavy (non-hydrogen) atoms. The van der Waals surface area contributed by atoms with Crippen LogP contribution in [0.15, 0.2) is 133 Å². The van der Waals surface area contributed by atoms with Crippen LogP contribution in [0.1, 0.15) is 21.5 Å². The molecule has 0 radical (unpaired) electrons. The topological polar surface area (TPSA) is 96.7 Å². The Labute approximate surface area is 267 Å². The van der Waals surface area contributed by atoms with Crippen molar-refractivity contribution < 1.29 is 23.4 Å². The van der Waals surface area contributed by atoms with Gasteiger partial charge < -0.3 is 15.2 Å². The molecule has 2 N–H and O–H groups in total. The average Bonchev–Trinajstić information content (AvgIpc) is 3.07. The van der Waals surface area contributed by atoms with Crippen LogP contribution in [0.5, 0.6) is 17.2 Å². The van der Waals surface area contributed by atoms with E-state index in [4.69, 9.17) is 21.3 Å². The molecule has 0 saturated carbocycles. The standard InChI is InChI=1S/C36H23ClF2N4O3/c37-32-31(17-18-41-35(32)43-33(23-7-3-1-4-8-23)24-9-5-2-6-10-24)46-30-16-15-26(19-29(30)39)42-36(45)28-21-40-20-27(34(28)44)22-11-13-25(38)14-12-22/h1-21H,(H,40,44)(H,42,45). The molecule has 0 aliphatic carbocycles. The summed E-state index contributed by atoms with van der Waals surface area (Å²) in [5.41, 5.74) is 3.01. The lowest BCUT2D eigenvalue weighted by Crippen LogP contribution is -2.13. The number of aliphatic imine (C=N–C) groups is 1. The summed E-state index contributed by atoms with van der Waals surface area (Å²) in [5.74, 6) is -2.16. The first kappa shape index (κ1) is 30.1. The Morgan fingerprint density at radius 2 is 1.50 bits per heavy atom.